The maximum atomic E-state index is 11.2. The van der Waals surface area contributed by atoms with Gasteiger partial charge in [0.2, 0.25) is 0 Å². The molecule has 0 unspecified atom stereocenters. The molecule has 0 atom stereocenters. The van der Waals surface area contributed by atoms with E-state index in [4.69, 9.17) is 23.2 Å². The predicted octanol–water partition coefficient (Wildman–Crippen LogP) is 1.87. The van der Waals surface area contributed by atoms with E-state index in [2.05, 4.69) is 10.2 Å². The Morgan fingerprint density at radius 3 is 2.71 bits per heavy atom. The topological polar surface area (TPSA) is 50.7 Å². The monoisotopic (exact) mass is 229 g/mol. The highest BCUT2D eigenvalue weighted by atomic mass is 35.5. The number of halogens is 2. The van der Waals surface area contributed by atoms with Crippen molar-refractivity contribution in [3.63, 3.8) is 0 Å². The highest BCUT2D eigenvalue weighted by Gasteiger charge is 2.05. The van der Waals surface area contributed by atoms with Crippen molar-refractivity contribution in [1.29, 1.82) is 0 Å². The van der Waals surface area contributed by atoms with Crippen LogP contribution >= 0.6 is 23.2 Å². The van der Waals surface area contributed by atoms with E-state index in [9.17, 15) is 4.79 Å². The lowest BCUT2D eigenvalue weighted by molar-refractivity contribution is 0.983. The van der Waals surface area contributed by atoms with Gasteiger partial charge in [-0.05, 0) is 18.2 Å². The molecule has 6 heteroatoms. The van der Waals surface area contributed by atoms with Crippen LogP contribution in [-0.2, 0) is 0 Å². The summed E-state index contributed by atoms with van der Waals surface area (Å²) in [7, 11) is 0. The summed E-state index contributed by atoms with van der Waals surface area (Å²) in [4.78, 5) is 11.2. The molecule has 72 valence electrons. The zero-order valence-corrected chi connectivity index (χ0v) is 8.38. The molecule has 0 spiro atoms. The lowest BCUT2D eigenvalue weighted by Gasteiger charge is -2.02. The van der Waals surface area contributed by atoms with Gasteiger partial charge in [0.25, 0.3) is 0 Å². The van der Waals surface area contributed by atoms with Crippen LogP contribution in [0.3, 0.4) is 0 Å². The number of H-pyrrole nitrogens is 1. The molecule has 0 bridgehead atoms. The molecule has 4 nitrogen and oxygen atoms in total. The van der Waals surface area contributed by atoms with Crippen LogP contribution in [0.15, 0.2) is 29.3 Å². The Morgan fingerprint density at radius 1 is 1.36 bits per heavy atom. The van der Waals surface area contributed by atoms with E-state index in [0.29, 0.717) is 15.7 Å². The van der Waals surface area contributed by atoms with Crippen LogP contribution in [0.1, 0.15) is 0 Å². The normalized spacial score (nSPS) is 10.4. The van der Waals surface area contributed by atoms with Gasteiger partial charge in [-0.2, -0.15) is 5.10 Å². The van der Waals surface area contributed by atoms with Gasteiger partial charge in [-0.25, -0.2) is 14.5 Å². The molecule has 0 aliphatic rings. The van der Waals surface area contributed by atoms with Crippen molar-refractivity contribution >= 4 is 23.2 Å². The van der Waals surface area contributed by atoms with Crippen LogP contribution in [0, 0.1) is 0 Å². The summed E-state index contributed by atoms with van der Waals surface area (Å²) < 4.78 is 1.30. The van der Waals surface area contributed by atoms with Crippen LogP contribution in [-0.4, -0.2) is 14.8 Å². The molecule has 0 saturated carbocycles. The first kappa shape index (κ1) is 9.30. The van der Waals surface area contributed by atoms with Crippen molar-refractivity contribution in [2.24, 2.45) is 0 Å². The fourth-order valence-electron chi connectivity index (χ4n) is 1.10. The van der Waals surface area contributed by atoms with E-state index in [1.54, 1.807) is 18.2 Å². The number of nitrogens with one attached hydrogen (secondary N) is 1. The van der Waals surface area contributed by atoms with Gasteiger partial charge in [0, 0.05) is 5.02 Å². The maximum Gasteiger partial charge on any atom is 0.347 e. The molecule has 1 aromatic carbocycles. The van der Waals surface area contributed by atoms with Crippen LogP contribution in [0.2, 0.25) is 10.0 Å². The smallest absolute Gasteiger partial charge is 0.248 e. The van der Waals surface area contributed by atoms with E-state index in [-0.39, 0.29) is 5.69 Å². The van der Waals surface area contributed by atoms with Gasteiger partial charge in [0.15, 0.2) is 0 Å². The Labute approximate surface area is 89.1 Å². The summed E-state index contributed by atoms with van der Waals surface area (Å²) in [5, 5.41) is 6.80. The largest absolute Gasteiger partial charge is 0.347 e. The molecule has 0 amide bonds. The number of rotatable bonds is 1. The minimum absolute atomic E-state index is 0.339. The van der Waals surface area contributed by atoms with Crippen LogP contribution < -0.4 is 5.69 Å². The molecule has 0 fully saturated rings. The Bertz CT molecular complexity index is 517. The average Bonchev–Trinajstić information content (AvgIpc) is 2.52. The van der Waals surface area contributed by atoms with E-state index < -0.39 is 0 Å². The number of aromatic nitrogens is 3. The Balaban J connectivity index is 2.63. The Morgan fingerprint density at radius 2 is 2.14 bits per heavy atom. The molecule has 0 aliphatic heterocycles. The van der Waals surface area contributed by atoms with Gasteiger partial charge in [-0.1, -0.05) is 23.2 Å². The molecule has 0 saturated heterocycles. The second kappa shape index (κ2) is 3.48. The van der Waals surface area contributed by atoms with Crippen molar-refractivity contribution in [3.8, 4) is 5.69 Å². The molecular formula is C8H5Cl2N3O. The molecule has 14 heavy (non-hydrogen) atoms. The Kier molecular flexibility index (Phi) is 2.31. The number of hydrogen-bond donors (Lipinski definition) is 1. The molecule has 1 N–H and O–H groups in total. The second-order valence-electron chi connectivity index (χ2n) is 2.63. The minimum Gasteiger partial charge on any atom is -0.248 e. The van der Waals surface area contributed by atoms with Crippen molar-refractivity contribution in [2.45, 2.75) is 0 Å². The third kappa shape index (κ3) is 1.54. The first-order valence-corrected chi connectivity index (χ1v) is 4.51. The number of benzene rings is 1. The Hall–Kier alpha value is -1.26. The van der Waals surface area contributed by atoms with E-state index in [1.807, 2.05) is 0 Å². The quantitative estimate of drug-likeness (QED) is 0.812. The standard InChI is InChI=1S/C8H5Cl2N3O/c9-5-1-2-7(6(10)3-5)13-4-11-12-8(13)14/h1-4H,(H,12,14). The molecule has 0 radical (unpaired) electrons. The van der Waals surface area contributed by atoms with Gasteiger partial charge in [-0.15, -0.1) is 0 Å². The molecular weight excluding hydrogens is 225 g/mol. The highest BCUT2D eigenvalue weighted by molar-refractivity contribution is 6.35. The van der Waals surface area contributed by atoms with Gasteiger partial charge in [0.05, 0.1) is 10.7 Å². The molecule has 0 aliphatic carbocycles. The third-order valence-electron chi connectivity index (χ3n) is 1.72. The summed E-state index contributed by atoms with van der Waals surface area (Å²) in [5.74, 6) is 0. The van der Waals surface area contributed by atoms with Crippen LogP contribution in [0.5, 0.6) is 0 Å². The van der Waals surface area contributed by atoms with E-state index in [1.165, 1.54) is 10.9 Å². The van der Waals surface area contributed by atoms with Crippen molar-refractivity contribution in [3.05, 3.63) is 45.1 Å². The first-order valence-electron chi connectivity index (χ1n) is 3.76. The average molecular weight is 230 g/mol. The zero-order chi connectivity index (χ0) is 10.1. The van der Waals surface area contributed by atoms with Crippen LogP contribution in [0.4, 0.5) is 0 Å². The van der Waals surface area contributed by atoms with Crippen LogP contribution in [0.25, 0.3) is 5.69 Å². The fraction of sp³-hybridized carbons (Fsp3) is 0. The van der Waals surface area contributed by atoms with Crippen molar-refractivity contribution < 1.29 is 0 Å². The van der Waals surface area contributed by atoms with Gasteiger partial charge in [0.1, 0.15) is 6.33 Å². The first-order chi connectivity index (χ1) is 6.68. The van der Waals surface area contributed by atoms with Gasteiger partial charge < -0.3 is 0 Å². The molecule has 1 aromatic heterocycles. The van der Waals surface area contributed by atoms with E-state index >= 15 is 0 Å². The van der Waals surface area contributed by atoms with E-state index in [0.717, 1.165) is 0 Å². The third-order valence-corrected chi connectivity index (χ3v) is 2.26. The number of hydrogen-bond acceptors (Lipinski definition) is 2. The summed E-state index contributed by atoms with van der Waals surface area (Å²) in [6.45, 7) is 0. The van der Waals surface area contributed by atoms with Crippen molar-refractivity contribution in [1.82, 2.24) is 14.8 Å². The molecule has 1 heterocycles. The SMILES string of the molecule is O=c1[nH]ncn1-c1ccc(Cl)cc1Cl. The minimum atomic E-state index is -0.339. The summed E-state index contributed by atoms with van der Waals surface area (Å²) >= 11 is 11.6. The highest BCUT2D eigenvalue weighted by Crippen LogP contribution is 2.22. The lowest BCUT2D eigenvalue weighted by Crippen LogP contribution is -2.14. The number of aromatic amines is 1. The lowest BCUT2D eigenvalue weighted by atomic mass is 10.3. The molecule has 2 rings (SSSR count). The zero-order valence-electron chi connectivity index (χ0n) is 6.87. The molecule has 2 aromatic rings. The fourth-order valence-corrected chi connectivity index (χ4v) is 1.60. The predicted molar refractivity (Wildman–Crippen MR) is 54.2 cm³/mol. The van der Waals surface area contributed by atoms with Gasteiger partial charge in [-0.3, -0.25) is 0 Å². The number of nitrogens with zero attached hydrogens (tertiary/aromatic N) is 2. The summed E-state index contributed by atoms with van der Waals surface area (Å²) in [6, 6.07) is 4.88. The maximum absolute atomic E-state index is 11.2. The van der Waals surface area contributed by atoms with Gasteiger partial charge >= 0.3 is 5.69 Å². The summed E-state index contributed by atoms with van der Waals surface area (Å²) in [5.41, 5.74) is 0.212. The second-order valence-corrected chi connectivity index (χ2v) is 3.47. The van der Waals surface area contributed by atoms with Crippen molar-refractivity contribution in [2.75, 3.05) is 0 Å². The summed E-state index contributed by atoms with van der Waals surface area (Å²) in [6.07, 6.45) is 1.36.